The monoisotopic (exact) mass is 445 g/mol. The van der Waals surface area contributed by atoms with Crippen molar-refractivity contribution in [2.24, 2.45) is 0 Å². The van der Waals surface area contributed by atoms with Crippen LogP contribution in [0.25, 0.3) is 0 Å². The molecule has 1 aromatic heterocycles. The van der Waals surface area contributed by atoms with Gasteiger partial charge < -0.3 is 15.5 Å². The molecule has 3 atom stereocenters. The van der Waals surface area contributed by atoms with Gasteiger partial charge in [0.1, 0.15) is 6.04 Å². The maximum atomic E-state index is 13.3. The third kappa shape index (κ3) is 4.23. The first-order valence-electron chi connectivity index (χ1n) is 10.2. The van der Waals surface area contributed by atoms with E-state index in [4.69, 9.17) is 11.6 Å². The summed E-state index contributed by atoms with van der Waals surface area (Å²) in [6, 6.07) is 7.90. The number of piperazine rings is 1. The zero-order valence-corrected chi connectivity index (χ0v) is 18.3. The van der Waals surface area contributed by atoms with Crippen molar-refractivity contribution >= 4 is 46.3 Å². The van der Waals surface area contributed by atoms with Crippen LogP contribution in [0, 0.1) is 6.92 Å². The number of nitrogens with one attached hydrogen (secondary N) is 2. The molecule has 3 amide bonds. The summed E-state index contributed by atoms with van der Waals surface area (Å²) in [5.74, 6) is -0.763. The minimum atomic E-state index is -0.833. The van der Waals surface area contributed by atoms with E-state index in [0.717, 1.165) is 31.2 Å². The van der Waals surface area contributed by atoms with Crippen LogP contribution >= 0.6 is 22.9 Å². The number of thiophene rings is 1. The van der Waals surface area contributed by atoms with E-state index < -0.39 is 6.04 Å². The summed E-state index contributed by atoms with van der Waals surface area (Å²) in [5.41, 5.74) is 1.48. The molecule has 1 saturated carbocycles. The molecule has 0 bridgehead atoms. The maximum Gasteiger partial charge on any atom is 0.264 e. The van der Waals surface area contributed by atoms with Crippen molar-refractivity contribution in [1.29, 1.82) is 0 Å². The lowest BCUT2D eigenvalue weighted by molar-refractivity contribution is -0.135. The lowest BCUT2D eigenvalue weighted by atomic mass is 9.85. The van der Waals surface area contributed by atoms with E-state index in [1.54, 1.807) is 23.1 Å². The van der Waals surface area contributed by atoms with Crippen LogP contribution in [-0.2, 0) is 9.59 Å². The van der Waals surface area contributed by atoms with Crippen LogP contribution in [0.3, 0.4) is 0 Å². The maximum absolute atomic E-state index is 13.3. The lowest BCUT2D eigenvalue weighted by Gasteiger charge is -2.47. The zero-order chi connectivity index (χ0) is 21.3. The molecule has 30 heavy (non-hydrogen) atoms. The minimum absolute atomic E-state index is 0.0506. The fraction of sp³-hybridized carbons (Fsp3) is 0.409. The van der Waals surface area contributed by atoms with Gasteiger partial charge in [0.15, 0.2) is 0 Å². The predicted molar refractivity (Wildman–Crippen MR) is 118 cm³/mol. The number of carbonyl (C=O) groups excluding carboxylic acids is 3. The third-order valence-corrected chi connectivity index (χ3v) is 7.12. The number of hydrogen-bond acceptors (Lipinski definition) is 4. The second kappa shape index (κ2) is 8.78. The van der Waals surface area contributed by atoms with Crippen molar-refractivity contribution in [3.63, 3.8) is 0 Å². The molecular weight excluding hydrogens is 422 g/mol. The van der Waals surface area contributed by atoms with Gasteiger partial charge in [-0.2, -0.15) is 0 Å². The average Bonchev–Trinajstić information content (AvgIpc) is 3.26. The van der Waals surface area contributed by atoms with Crippen LogP contribution in [0.4, 0.5) is 5.69 Å². The van der Waals surface area contributed by atoms with Crippen LogP contribution in [0.1, 0.15) is 47.3 Å². The van der Waals surface area contributed by atoms with Gasteiger partial charge in [0.05, 0.1) is 17.3 Å². The van der Waals surface area contributed by atoms with Gasteiger partial charge in [0.2, 0.25) is 11.8 Å². The van der Waals surface area contributed by atoms with Gasteiger partial charge in [-0.05, 0) is 48.9 Å². The van der Waals surface area contributed by atoms with E-state index in [2.05, 4.69) is 10.6 Å². The number of fused-ring (bicyclic) bond motifs is 1. The lowest BCUT2D eigenvalue weighted by Crippen LogP contribution is -2.67. The van der Waals surface area contributed by atoms with Gasteiger partial charge in [-0.15, -0.1) is 11.3 Å². The SMILES string of the molecule is Cc1ccc(NC(=O)C[C@@H]2C(=O)N[C@H]3CCCC[C@@H]3N2C(=O)c2cccs2)cc1Cl. The number of halogens is 1. The molecule has 0 spiro atoms. The van der Waals surface area contributed by atoms with Gasteiger partial charge in [0, 0.05) is 16.8 Å². The Bertz CT molecular complexity index is 963. The van der Waals surface area contributed by atoms with Gasteiger partial charge in [-0.25, -0.2) is 0 Å². The molecule has 2 aromatic rings. The topological polar surface area (TPSA) is 78.5 Å². The first-order chi connectivity index (χ1) is 14.4. The number of benzene rings is 1. The molecule has 1 saturated heterocycles. The van der Waals surface area contributed by atoms with E-state index in [1.807, 2.05) is 24.4 Å². The normalized spacial score (nSPS) is 23.5. The molecule has 2 fully saturated rings. The Morgan fingerprint density at radius 2 is 2.07 bits per heavy atom. The van der Waals surface area contributed by atoms with Crippen LogP contribution < -0.4 is 10.6 Å². The Balaban J connectivity index is 1.56. The van der Waals surface area contributed by atoms with Crippen molar-refractivity contribution in [2.75, 3.05) is 5.32 Å². The molecule has 158 valence electrons. The molecular formula is C22H24ClN3O3S. The fourth-order valence-corrected chi connectivity index (χ4v) is 5.17. The molecule has 2 N–H and O–H groups in total. The van der Waals surface area contributed by atoms with E-state index in [9.17, 15) is 14.4 Å². The summed E-state index contributed by atoms with van der Waals surface area (Å²) < 4.78 is 0. The molecule has 0 unspecified atom stereocenters. The third-order valence-electron chi connectivity index (χ3n) is 5.85. The Morgan fingerprint density at radius 1 is 1.27 bits per heavy atom. The summed E-state index contributed by atoms with van der Waals surface area (Å²) >= 11 is 7.50. The second-order valence-electron chi connectivity index (χ2n) is 7.89. The number of anilines is 1. The molecule has 1 aliphatic carbocycles. The van der Waals surface area contributed by atoms with Crippen molar-refractivity contribution in [3.05, 3.63) is 51.2 Å². The van der Waals surface area contributed by atoms with Crippen molar-refractivity contribution in [3.8, 4) is 0 Å². The number of amides is 3. The number of carbonyl (C=O) groups is 3. The Hall–Kier alpha value is -2.38. The molecule has 8 heteroatoms. The van der Waals surface area contributed by atoms with Crippen LogP contribution in [-0.4, -0.2) is 40.7 Å². The summed E-state index contributed by atoms with van der Waals surface area (Å²) in [6.07, 6.45) is 3.62. The number of rotatable bonds is 4. The van der Waals surface area contributed by atoms with E-state index >= 15 is 0 Å². The summed E-state index contributed by atoms with van der Waals surface area (Å²) in [7, 11) is 0. The Morgan fingerprint density at radius 3 is 2.80 bits per heavy atom. The van der Waals surface area contributed by atoms with Gasteiger partial charge >= 0.3 is 0 Å². The highest BCUT2D eigenvalue weighted by molar-refractivity contribution is 7.12. The highest BCUT2D eigenvalue weighted by Gasteiger charge is 2.46. The smallest absolute Gasteiger partial charge is 0.264 e. The van der Waals surface area contributed by atoms with Crippen LogP contribution in [0.2, 0.25) is 5.02 Å². The minimum Gasteiger partial charge on any atom is -0.349 e. The van der Waals surface area contributed by atoms with Gasteiger partial charge in [0.25, 0.3) is 5.91 Å². The molecule has 4 rings (SSSR count). The number of hydrogen-bond donors (Lipinski definition) is 2. The zero-order valence-electron chi connectivity index (χ0n) is 16.7. The second-order valence-corrected chi connectivity index (χ2v) is 9.24. The number of aryl methyl sites for hydroxylation is 1. The number of nitrogens with zero attached hydrogens (tertiary/aromatic N) is 1. The van der Waals surface area contributed by atoms with Crippen LogP contribution in [0.5, 0.6) is 0 Å². The van der Waals surface area contributed by atoms with Gasteiger partial charge in [-0.1, -0.05) is 36.6 Å². The summed E-state index contributed by atoms with van der Waals surface area (Å²) in [4.78, 5) is 41.2. The molecule has 2 aliphatic rings. The van der Waals surface area contributed by atoms with E-state index in [-0.39, 0.29) is 36.2 Å². The fourth-order valence-electron chi connectivity index (χ4n) is 4.32. The molecule has 6 nitrogen and oxygen atoms in total. The highest BCUT2D eigenvalue weighted by atomic mass is 35.5. The van der Waals surface area contributed by atoms with E-state index in [0.29, 0.717) is 15.6 Å². The Labute approximate surface area is 184 Å². The Kier molecular flexibility index (Phi) is 6.11. The molecule has 1 aromatic carbocycles. The van der Waals surface area contributed by atoms with Crippen molar-refractivity contribution < 1.29 is 14.4 Å². The van der Waals surface area contributed by atoms with E-state index in [1.165, 1.54) is 11.3 Å². The summed E-state index contributed by atoms with van der Waals surface area (Å²) in [5, 5.41) is 8.26. The molecule has 0 radical (unpaired) electrons. The van der Waals surface area contributed by atoms with Crippen molar-refractivity contribution in [1.82, 2.24) is 10.2 Å². The predicted octanol–water partition coefficient (Wildman–Crippen LogP) is 3.99. The van der Waals surface area contributed by atoms with Gasteiger partial charge in [-0.3, -0.25) is 14.4 Å². The standard InChI is InChI=1S/C22H24ClN3O3S/c1-13-8-9-14(11-15(13)23)24-20(27)12-18-21(28)25-16-5-2-3-6-17(16)26(18)22(29)19-7-4-10-30-19/h4,7-11,16-18H,2-3,5-6,12H2,1H3,(H,24,27)(H,25,28)/t16-,17-,18+/m0/s1. The quantitative estimate of drug-likeness (QED) is 0.746. The largest absolute Gasteiger partial charge is 0.349 e. The first kappa shape index (κ1) is 20.9. The van der Waals surface area contributed by atoms with Crippen LogP contribution in [0.15, 0.2) is 35.7 Å². The average molecular weight is 446 g/mol. The highest BCUT2D eigenvalue weighted by Crippen LogP contribution is 2.31. The summed E-state index contributed by atoms with van der Waals surface area (Å²) in [6.45, 7) is 1.88. The molecule has 2 heterocycles. The molecule has 1 aliphatic heterocycles. The first-order valence-corrected chi connectivity index (χ1v) is 11.4. The van der Waals surface area contributed by atoms with Crippen molar-refractivity contribution in [2.45, 2.75) is 57.2 Å².